The summed E-state index contributed by atoms with van der Waals surface area (Å²) in [7, 11) is 1.99. The lowest BCUT2D eigenvalue weighted by atomic mass is 9.91. The third-order valence-electron chi connectivity index (χ3n) is 4.02. The van der Waals surface area contributed by atoms with Gasteiger partial charge in [-0.15, -0.1) is 0 Å². The van der Waals surface area contributed by atoms with Crippen LogP contribution in [-0.4, -0.2) is 14.8 Å². The molecule has 2 aromatic rings. The van der Waals surface area contributed by atoms with Gasteiger partial charge in [0.15, 0.2) is 0 Å². The molecule has 1 atom stereocenters. The van der Waals surface area contributed by atoms with Crippen molar-refractivity contribution in [3.63, 3.8) is 0 Å². The zero-order chi connectivity index (χ0) is 13.4. The normalized spacial score (nSPS) is 18.2. The van der Waals surface area contributed by atoms with Crippen LogP contribution in [0.4, 0.5) is 5.69 Å². The molecular formula is C15H20N4. The van der Waals surface area contributed by atoms with Crippen molar-refractivity contribution in [2.75, 3.05) is 5.32 Å². The summed E-state index contributed by atoms with van der Waals surface area (Å²) >= 11 is 0. The molecule has 1 aliphatic carbocycles. The molecule has 0 radical (unpaired) electrons. The molecule has 3 rings (SSSR count). The zero-order valence-electron chi connectivity index (χ0n) is 11.8. The van der Waals surface area contributed by atoms with Crippen LogP contribution in [-0.2, 0) is 13.5 Å². The molecule has 0 fully saturated rings. The van der Waals surface area contributed by atoms with Gasteiger partial charge in [0.1, 0.15) is 0 Å². The highest BCUT2D eigenvalue weighted by Gasteiger charge is 2.23. The Morgan fingerprint density at radius 2 is 2.21 bits per heavy atom. The molecule has 0 aliphatic heterocycles. The predicted molar refractivity (Wildman–Crippen MR) is 76.2 cm³/mol. The Morgan fingerprint density at radius 3 is 2.95 bits per heavy atom. The minimum atomic E-state index is 0.312. The van der Waals surface area contributed by atoms with E-state index in [9.17, 15) is 0 Å². The van der Waals surface area contributed by atoms with Crippen molar-refractivity contribution in [3.8, 4) is 0 Å². The number of nitrogens with zero attached hydrogens (tertiary/aromatic N) is 3. The number of nitrogens with one attached hydrogen (secondary N) is 1. The van der Waals surface area contributed by atoms with Crippen molar-refractivity contribution in [3.05, 3.63) is 41.0 Å². The SMILES string of the molecule is Cc1nn(C)c(C)c1NC1CCCc2cccnc21. The maximum atomic E-state index is 4.57. The van der Waals surface area contributed by atoms with E-state index in [4.69, 9.17) is 0 Å². The lowest BCUT2D eigenvalue weighted by Gasteiger charge is -2.26. The highest BCUT2D eigenvalue weighted by atomic mass is 15.3. The lowest BCUT2D eigenvalue weighted by molar-refractivity contribution is 0.582. The van der Waals surface area contributed by atoms with E-state index in [-0.39, 0.29) is 0 Å². The Bertz CT molecular complexity index is 600. The van der Waals surface area contributed by atoms with Gasteiger partial charge in [-0.25, -0.2) is 0 Å². The van der Waals surface area contributed by atoms with Crippen molar-refractivity contribution >= 4 is 5.69 Å². The molecule has 0 spiro atoms. The summed E-state index contributed by atoms with van der Waals surface area (Å²) in [4.78, 5) is 4.57. The smallest absolute Gasteiger partial charge is 0.0828 e. The average molecular weight is 256 g/mol. The summed E-state index contributed by atoms with van der Waals surface area (Å²) < 4.78 is 1.93. The van der Waals surface area contributed by atoms with Gasteiger partial charge in [0.05, 0.1) is 28.8 Å². The van der Waals surface area contributed by atoms with Gasteiger partial charge in [-0.3, -0.25) is 9.67 Å². The molecule has 1 unspecified atom stereocenters. The molecule has 2 heterocycles. The largest absolute Gasteiger partial charge is 0.374 e. The van der Waals surface area contributed by atoms with Gasteiger partial charge in [0.2, 0.25) is 0 Å². The van der Waals surface area contributed by atoms with E-state index < -0.39 is 0 Å². The third-order valence-corrected chi connectivity index (χ3v) is 4.02. The first kappa shape index (κ1) is 12.2. The molecule has 4 nitrogen and oxygen atoms in total. The number of aromatic nitrogens is 3. The Hall–Kier alpha value is -1.84. The van der Waals surface area contributed by atoms with Crippen molar-refractivity contribution in [2.24, 2.45) is 7.05 Å². The molecule has 1 aliphatic rings. The van der Waals surface area contributed by atoms with Crippen LogP contribution in [0.5, 0.6) is 0 Å². The van der Waals surface area contributed by atoms with E-state index in [1.165, 1.54) is 23.4 Å². The summed E-state index contributed by atoms with van der Waals surface area (Å²) in [5.41, 5.74) is 5.98. The van der Waals surface area contributed by atoms with Crippen LogP contribution < -0.4 is 5.32 Å². The molecule has 19 heavy (non-hydrogen) atoms. The summed E-state index contributed by atoms with van der Waals surface area (Å²) in [6, 6.07) is 4.53. The first-order valence-corrected chi connectivity index (χ1v) is 6.87. The van der Waals surface area contributed by atoms with Gasteiger partial charge in [0, 0.05) is 13.2 Å². The van der Waals surface area contributed by atoms with Crippen LogP contribution in [0.1, 0.15) is 41.5 Å². The monoisotopic (exact) mass is 256 g/mol. The Labute approximate surface area is 113 Å². The number of rotatable bonds is 2. The second kappa shape index (κ2) is 4.68. The van der Waals surface area contributed by atoms with Gasteiger partial charge >= 0.3 is 0 Å². The van der Waals surface area contributed by atoms with E-state index in [1.807, 2.05) is 24.0 Å². The van der Waals surface area contributed by atoms with E-state index in [1.54, 1.807) is 0 Å². The van der Waals surface area contributed by atoms with Crippen LogP contribution in [0.2, 0.25) is 0 Å². The minimum absolute atomic E-state index is 0.312. The molecule has 100 valence electrons. The van der Waals surface area contributed by atoms with Gasteiger partial charge in [-0.05, 0) is 44.7 Å². The molecule has 1 N–H and O–H groups in total. The lowest BCUT2D eigenvalue weighted by Crippen LogP contribution is -2.19. The van der Waals surface area contributed by atoms with Crippen molar-refractivity contribution in [2.45, 2.75) is 39.2 Å². The Morgan fingerprint density at radius 1 is 1.37 bits per heavy atom. The quantitative estimate of drug-likeness (QED) is 0.898. The standard InChI is InChI=1S/C15H20N4/c1-10-14(11(2)19(3)18-10)17-13-8-4-6-12-7-5-9-16-15(12)13/h5,7,9,13,17H,4,6,8H2,1-3H3. The van der Waals surface area contributed by atoms with Crippen molar-refractivity contribution in [1.82, 2.24) is 14.8 Å². The van der Waals surface area contributed by atoms with E-state index in [2.05, 4.69) is 35.3 Å². The summed E-state index contributed by atoms with van der Waals surface area (Å²) in [6.07, 6.45) is 5.39. The number of hydrogen-bond donors (Lipinski definition) is 1. The van der Waals surface area contributed by atoms with E-state index in [0.29, 0.717) is 6.04 Å². The number of hydrogen-bond acceptors (Lipinski definition) is 3. The molecular weight excluding hydrogens is 236 g/mol. The first-order valence-electron chi connectivity index (χ1n) is 6.87. The van der Waals surface area contributed by atoms with Gasteiger partial charge < -0.3 is 5.32 Å². The fraction of sp³-hybridized carbons (Fsp3) is 0.467. The van der Waals surface area contributed by atoms with Crippen LogP contribution >= 0.6 is 0 Å². The topological polar surface area (TPSA) is 42.7 Å². The Balaban J connectivity index is 1.93. The molecule has 2 aromatic heterocycles. The molecule has 0 saturated heterocycles. The van der Waals surface area contributed by atoms with Crippen molar-refractivity contribution in [1.29, 1.82) is 0 Å². The van der Waals surface area contributed by atoms with Gasteiger partial charge in [0.25, 0.3) is 0 Å². The molecule has 0 bridgehead atoms. The third kappa shape index (κ3) is 2.11. The minimum Gasteiger partial charge on any atom is -0.374 e. The number of pyridine rings is 1. The van der Waals surface area contributed by atoms with Crippen LogP contribution in [0.3, 0.4) is 0 Å². The summed E-state index contributed by atoms with van der Waals surface area (Å²) in [6.45, 7) is 4.15. The Kier molecular flexibility index (Phi) is 3.01. The average Bonchev–Trinajstić information content (AvgIpc) is 2.66. The molecule has 0 saturated carbocycles. The summed E-state index contributed by atoms with van der Waals surface area (Å²) in [5, 5.41) is 8.11. The van der Waals surface area contributed by atoms with Crippen LogP contribution in [0.25, 0.3) is 0 Å². The first-order chi connectivity index (χ1) is 9.16. The van der Waals surface area contributed by atoms with E-state index in [0.717, 1.165) is 24.2 Å². The fourth-order valence-electron chi connectivity index (χ4n) is 2.91. The van der Waals surface area contributed by atoms with Crippen LogP contribution in [0.15, 0.2) is 18.3 Å². The number of fused-ring (bicyclic) bond motifs is 1. The second-order valence-electron chi connectivity index (χ2n) is 5.31. The highest BCUT2D eigenvalue weighted by Crippen LogP contribution is 2.32. The van der Waals surface area contributed by atoms with Crippen LogP contribution in [0, 0.1) is 13.8 Å². The van der Waals surface area contributed by atoms with E-state index >= 15 is 0 Å². The van der Waals surface area contributed by atoms with Gasteiger partial charge in [-0.2, -0.15) is 5.10 Å². The maximum absolute atomic E-state index is 4.57. The molecule has 4 heteroatoms. The second-order valence-corrected chi connectivity index (χ2v) is 5.31. The maximum Gasteiger partial charge on any atom is 0.0828 e. The van der Waals surface area contributed by atoms with Crippen molar-refractivity contribution < 1.29 is 0 Å². The summed E-state index contributed by atoms with van der Waals surface area (Å²) in [5.74, 6) is 0. The highest BCUT2D eigenvalue weighted by molar-refractivity contribution is 5.53. The molecule has 0 amide bonds. The molecule has 0 aromatic carbocycles. The number of anilines is 1. The van der Waals surface area contributed by atoms with Gasteiger partial charge in [-0.1, -0.05) is 6.07 Å². The predicted octanol–water partition coefficient (Wildman–Crippen LogP) is 2.92. The fourth-order valence-corrected chi connectivity index (χ4v) is 2.91. The zero-order valence-corrected chi connectivity index (χ0v) is 11.8. The number of aryl methyl sites for hydroxylation is 3.